The summed E-state index contributed by atoms with van der Waals surface area (Å²) in [6.45, 7) is 9.09. The number of aromatic nitrogens is 1. The molecule has 1 aromatic heterocycles. The Hall–Kier alpha value is -1.69. The summed E-state index contributed by atoms with van der Waals surface area (Å²) in [6, 6.07) is 4.80. The van der Waals surface area contributed by atoms with E-state index in [1.807, 2.05) is 9.80 Å². The van der Waals surface area contributed by atoms with Gasteiger partial charge in [-0.05, 0) is 25.2 Å². The molecule has 1 aliphatic heterocycles. The molecule has 2 heterocycles. The van der Waals surface area contributed by atoms with Crippen molar-refractivity contribution >= 4 is 11.7 Å². The number of nitrogens with zero attached hydrogens (tertiary/aromatic N) is 4. The van der Waals surface area contributed by atoms with Gasteiger partial charge in [0.05, 0.1) is 6.54 Å². The highest BCUT2D eigenvalue weighted by atomic mass is 19.1. The molecule has 0 aromatic carbocycles. The van der Waals surface area contributed by atoms with Crippen LogP contribution in [0.2, 0.25) is 0 Å². The second-order valence-corrected chi connectivity index (χ2v) is 5.15. The van der Waals surface area contributed by atoms with Crippen LogP contribution in [0.15, 0.2) is 18.2 Å². The minimum absolute atomic E-state index is 0.172. The Bertz CT molecular complexity index is 470. The molecule has 1 amide bonds. The van der Waals surface area contributed by atoms with Gasteiger partial charge in [-0.1, -0.05) is 19.9 Å². The quantitative estimate of drug-likeness (QED) is 0.765. The summed E-state index contributed by atoms with van der Waals surface area (Å²) in [5, 5.41) is 0. The van der Waals surface area contributed by atoms with E-state index < -0.39 is 5.95 Å². The lowest BCUT2D eigenvalue weighted by atomic mass is 10.3. The lowest BCUT2D eigenvalue weighted by Gasteiger charge is -2.36. The number of hydrogen-bond donors (Lipinski definition) is 0. The third-order valence-electron chi connectivity index (χ3n) is 3.91. The molecular weight excluding hydrogens is 271 g/mol. The molecule has 21 heavy (non-hydrogen) atoms. The first-order chi connectivity index (χ1) is 10.1. The first-order valence-corrected chi connectivity index (χ1v) is 7.51. The van der Waals surface area contributed by atoms with Gasteiger partial charge in [-0.3, -0.25) is 9.69 Å². The Morgan fingerprint density at radius 1 is 1.24 bits per heavy atom. The van der Waals surface area contributed by atoms with Crippen molar-refractivity contribution < 1.29 is 9.18 Å². The zero-order valence-electron chi connectivity index (χ0n) is 12.8. The summed E-state index contributed by atoms with van der Waals surface area (Å²) in [6.07, 6.45) is 0. The van der Waals surface area contributed by atoms with Gasteiger partial charge in [0.2, 0.25) is 11.9 Å². The van der Waals surface area contributed by atoms with E-state index in [1.54, 1.807) is 12.1 Å². The van der Waals surface area contributed by atoms with E-state index in [0.29, 0.717) is 38.5 Å². The summed E-state index contributed by atoms with van der Waals surface area (Å²) in [5.41, 5.74) is 0. The Labute approximate surface area is 125 Å². The first kappa shape index (κ1) is 15.7. The van der Waals surface area contributed by atoms with Crippen LogP contribution in [-0.4, -0.2) is 66.5 Å². The van der Waals surface area contributed by atoms with E-state index in [9.17, 15) is 9.18 Å². The number of pyridine rings is 1. The van der Waals surface area contributed by atoms with Crippen molar-refractivity contribution in [3.05, 3.63) is 24.1 Å². The number of likely N-dealkylation sites (N-methyl/N-ethyl adjacent to an activating group) is 1. The third kappa shape index (κ3) is 4.14. The predicted octanol–water partition coefficient (Wildman–Crippen LogP) is 1.21. The maximum Gasteiger partial charge on any atom is 0.236 e. The topological polar surface area (TPSA) is 39.7 Å². The number of piperazine rings is 1. The molecule has 0 radical (unpaired) electrons. The van der Waals surface area contributed by atoms with Crippen LogP contribution in [0.3, 0.4) is 0 Å². The summed E-state index contributed by atoms with van der Waals surface area (Å²) < 4.78 is 13.1. The van der Waals surface area contributed by atoms with Crippen molar-refractivity contribution in [3.63, 3.8) is 0 Å². The third-order valence-corrected chi connectivity index (χ3v) is 3.91. The molecule has 0 spiro atoms. The predicted molar refractivity (Wildman–Crippen MR) is 80.8 cm³/mol. The summed E-state index contributed by atoms with van der Waals surface area (Å²) in [7, 11) is 0. The molecule has 1 saturated heterocycles. The molecule has 1 aromatic rings. The summed E-state index contributed by atoms with van der Waals surface area (Å²) >= 11 is 0. The van der Waals surface area contributed by atoms with Gasteiger partial charge < -0.3 is 9.80 Å². The second-order valence-electron chi connectivity index (χ2n) is 5.15. The number of carbonyl (C=O) groups excluding carboxylic acids is 1. The molecular formula is C15H23FN4O. The SMILES string of the molecule is CCN(CC)CC(=O)N1CCN(c2cccc(F)n2)CC1. The van der Waals surface area contributed by atoms with Gasteiger partial charge in [0.15, 0.2) is 0 Å². The molecule has 0 N–H and O–H groups in total. The smallest absolute Gasteiger partial charge is 0.236 e. The molecule has 1 fully saturated rings. The monoisotopic (exact) mass is 294 g/mol. The van der Waals surface area contributed by atoms with Crippen molar-refractivity contribution in [1.82, 2.24) is 14.8 Å². The van der Waals surface area contributed by atoms with Crippen LogP contribution in [0.4, 0.5) is 10.2 Å². The van der Waals surface area contributed by atoms with Gasteiger partial charge in [-0.15, -0.1) is 0 Å². The van der Waals surface area contributed by atoms with E-state index in [4.69, 9.17) is 0 Å². The Morgan fingerprint density at radius 2 is 1.90 bits per heavy atom. The normalized spacial score (nSPS) is 15.6. The van der Waals surface area contributed by atoms with Gasteiger partial charge in [0.1, 0.15) is 5.82 Å². The number of hydrogen-bond acceptors (Lipinski definition) is 4. The lowest BCUT2D eigenvalue weighted by Crippen LogP contribution is -2.51. The number of rotatable bonds is 5. The Kier molecular flexibility index (Phi) is 5.50. The van der Waals surface area contributed by atoms with Crippen LogP contribution in [0.1, 0.15) is 13.8 Å². The average Bonchev–Trinajstić information content (AvgIpc) is 2.52. The van der Waals surface area contributed by atoms with Gasteiger partial charge in [0.25, 0.3) is 0 Å². The Balaban J connectivity index is 1.87. The highest BCUT2D eigenvalue weighted by Crippen LogP contribution is 2.14. The molecule has 0 saturated carbocycles. The highest BCUT2D eigenvalue weighted by Gasteiger charge is 2.22. The number of halogens is 1. The first-order valence-electron chi connectivity index (χ1n) is 7.51. The highest BCUT2D eigenvalue weighted by molar-refractivity contribution is 5.78. The van der Waals surface area contributed by atoms with Crippen molar-refractivity contribution in [2.75, 3.05) is 50.7 Å². The van der Waals surface area contributed by atoms with Gasteiger partial charge >= 0.3 is 0 Å². The van der Waals surface area contributed by atoms with Crippen LogP contribution < -0.4 is 4.90 Å². The van der Waals surface area contributed by atoms with Gasteiger partial charge in [-0.2, -0.15) is 4.39 Å². The van der Waals surface area contributed by atoms with Gasteiger partial charge in [0, 0.05) is 26.2 Å². The molecule has 0 aliphatic carbocycles. The van der Waals surface area contributed by atoms with E-state index in [0.717, 1.165) is 13.1 Å². The number of anilines is 1. The van der Waals surface area contributed by atoms with Gasteiger partial charge in [-0.25, -0.2) is 4.98 Å². The molecule has 1 aliphatic rings. The van der Waals surface area contributed by atoms with E-state index >= 15 is 0 Å². The fourth-order valence-corrected chi connectivity index (χ4v) is 2.50. The molecule has 116 valence electrons. The zero-order valence-corrected chi connectivity index (χ0v) is 12.8. The molecule has 0 unspecified atom stereocenters. The summed E-state index contributed by atoms with van der Waals surface area (Å²) in [4.78, 5) is 22.1. The lowest BCUT2D eigenvalue weighted by molar-refractivity contribution is -0.132. The number of carbonyl (C=O) groups is 1. The largest absolute Gasteiger partial charge is 0.353 e. The van der Waals surface area contributed by atoms with Crippen LogP contribution in [0, 0.1) is 5.95 Å². The van der Waals surface area contributed by atoms with Crippen LogP contribution in [0.25, 0.3) is 0 Å². The fourth-order valence-electron chi connectivity index (χ4n) is 2.50. The van der Waals surface area contributed by atoms with E-state index in [-0.39, 0.29) is 5.91 Å². The minimum atomic E-state index is -0.465. The van der Waals surface area contributed by atoms with Crippen LogP contribution in [-0.2, 0) is 4.79 Å². The molecule has 0 atom stereocenters. The maximum atomic E-state index is 13.1. The van der Waals surface area contributed by atoms with Crippen LogP contribution >= 0.6 is 0 Å². The summed E-state index contributed by atoms with van der Waals surface area (Å²) in [5.74, 6) is 0.351. The number of amides is 1. The van der Waals surface area contributed by atoms with Crippen molar-refractivity contribution in [2.24, 2.45) is 0 Å². The fraction of sp³-hybridized carbons (Fsp3) is 0.600. The zero-order chi connectivity index (χ0) is 15.2. The Morgan fingerprint density at radius 3 is 2.48 bits per heavy atom. The molecule has 0 bridgehead atoms. The minimum Gasteiger partial charge on any atom is -0.353 e. The molecule has 2 rings (SSSR count). The second kappa shape index (κ2) is 7.36. The van der Waals surface area contributed by atoms with Crippen molar-refractivity contribution in [1.29, 1.82) is 0 Å². The van der Waals surface area contributed by atoms with Crippen LogP contribution in [0.5, 0.6) is 0 Å². The molecule has 5 nitrogen and oxygen atoms in total. The average molecular weight is 294 g/mol. The molecule has 6 heteroatoms. The standard InChI is InChI=1S/C15H23FN4O/c1-3-18(4-2)12-15(21)20-10-8-19(9-11-20)14-7-5-6-13(16)17-14/h5-7H,3-4,8-12H2,1-2H3. The maximum absolute atomic E-state index is 13.1. The van der Waals surface area contributed by atoms with E-state index in [2.05, 4.69) is 23.7 Å². The van der Waals surface area contributed by atoms with E-state index in [1.165, 1.54) is 6.07 Å². The van der Waals surface area contributed by atoms with Crippen molar-refractivity contribution in [3.8, 4) is 0 Å². The van der Waals surface area contributed by atoms with Crippen molar-refractivity contribution in [2.45, 2.75) is 13.8 Å².